The molecule has 1 amide bonds. The van der Waals surface area contributed by atoms with Gasteiger partial charge in [-0.25, -0.2) is 4.79 Å². The molecule has 0 radical (unpaired) electrons. The van der Waals surface area contributed by atoms with Gasteiger partial charge in [0.15, 0.2) is 6.04 Å². The van der Waals surface area contributed by atoms with Gasteiger partial charge in [0.25, 0.3) is 0 Å². The SMILES string of the molecule is CC(=O)N(C(C)C)C(CO)C(=O)O. The van der Waals surface area contributed by atoms with Gasteiger partial charge in [0, 0.05) is 13.0 Å². The highest BCUT2D eigenvalue weighted by atomic mass is 16.4. The van der Waals surface area contributed by atoms with Gasteiger partial charge in [-0.2, -0.15) is 0 Å². The van der Waals surface area contributed by atoms with E-state index in [0.717, 1.165) is 4.90 Å². The largest absolute Gasteiger partial charge is 0.480 e. The van der Waals surface area contributed by atoms with Crippen molar-refractivity contribution in [3.63, 3.8) is 0 Å². The Morgan fingerprint density at radius 1 is 1.38 bits per heavy atom. The first kappa shape index (κ1) is 11.9. The van der Waals surface area contributed by atoms with Gasteiger partial charge in [-0.1, -0.05) is 0 Å². The number of aliphatic hydroxyl groups is 1. The highest BCUT2D eigenvalue weighted by Crippen LogP contribution is 2.06. The fourth-order valence-electron chi connectivity index (χ4n) is 1.23. The Balaban J connectivity index is 4.69. The predicted molar refractivity (Wildman–Crippen MR) is 46.2 cm³/mol. The molecule has 5 heteroatoms. The van der Waals surface area contributed by atoms with E-state index in [1.165, 1.54) is 6.92 Å². The van der Waals surface area contributed by atoms with E-state index < -0.39 is 18.6 Å². The van der Waals surface area contributed by atoms with Crippen LogP contribution in [0.25, 0.3) is 0 Å². The van der Waals surface area contributed by atoms with Gasteiger partial charge in [0.1, 0.15) is 0 Å². The van der Waals surface area contributed by atoms with Gasteiger partial charge in [-0.3, -0.25) is 4.79 Å². The summed E-state index contributed by atoms with van der Waals surface area (Å²) in [5.74, 6) is -1.54. The van der Waals surface area contributed by atoms with E-state index in [1.54, 1.807) is 13.8 Å². The summed E-state index contributed by atoms with van der Waals surface area (Å²) in [4.78, 5) is 22.8. The summed E-state index contributed by atoms with van der Waals surface area (Å²) in [7, 11) is 0. The van der Waals surface area contributed by atoms with Crippen molar-refractivity contribution in [2.75, 3.05) is 6.61 Å². The van der Waals surface area contributed by atoms with Crippen LogP contribution < -0.4 is 0 Å². The molecule has 0 aromatic rings. The fourth-order valence-corrected chi connectivity index (χ4v) is 1.23. The number of hydrogen-bond acceptors (Lipinski definition) is 3. The smallest absolute Gasteiger partial charge is 0.328 e. The Labute approximate surface area is 77.0 Å². The van der Waals surface area contributed by atoms with E-state index in [-0.39, 0.29) is 11.9 Å². The first-order valence-corrected chi connectivity index (χ1v) is 4.04. The van der Waals surface area contributed by atoms with Gasteiger partial charge < -0.3 is 15.1 Å². The van der Waals surface area contributed by atoms with Gasteiger partial charge in [0.05, 0.1) is 6.61 Å². The van der Waals surface area contributed by atoms with Crippen LogP contribution in [0.5, 0.6) is 0 Å². The van der Waals surface area contributed by atoms with E-state index in [1.807, 2.05) is 0 Å². The molecule has 1 unspecified atom stereocenters. The van der Waals surface area contributed by atoms with Crippen molar-refractivity contribution in [1.29, 1.82) is 0 Å². The molecule has 0 spiro atoms. The predicted octanol–water partition coefficient (Wildman–Crippen LogP) is -0.311. The summed E-state index contributed by atoms with van der Waals surface area (Å²) in [6.07, 6.45) is 0. The molecule has 2 N–H and O–H groups in total. The number of aliphatic hydroxyl groups excluding tert-OH is 1. The number of hydrogen-bond donors (Lipinski definition) is 2. The molecule has 0 rings (SSSR count). The Hall–Kier alpha value is -1.10. The van der Waals surface area contributed by atoms with Crippen LogP contribution in [0.2, 0.25) is 0 Å². The summed E-state index contributed by atoms with van der Waals surface area (Å²) in [6.45, 7) is 4.12. The molecule has 5 nitrogen and oxygen atoms in total. The zero-order valence-electron chi connectivity index (χ0n) is 8.02. The lowest BCUT2D eigenvalue weighted by Gasteiger charge is -2.30. The van der Waals surface area contributed by atoms with E-state index >= 15 is 0 Å². The van der Waals surface area contributed by atoms with E-state index in [0.29, 0.717) is 0 Å². The second-order valence-corrected chi connectivity index (χ2v) is 3.06. The van der Waals surface area contributed by atoms with Crippen LogP contribution >= 0.6 is 0 Å². The Morgan fingerprint density at radius 2 is 1.85 bits per heavy atom. The zero-order valence-corrected chi connectivity index (χ0v) is 8.02. The van der Waals surface area contributed by atoms with Crippen LogP contribution in [0.1, 0.15) is 20.8 Å². The Bertz CT molecular complexity index is 202. The van der Waals surface area contributed by atoms with E-state index in [2.05, 4.69) is 0 Å². The molecule has 76 valence electrons. The van der Waals surface area contributed by atoms with Crippen molar-refractivity contribution in [2.45, 2.75) is 32.9 Å². The van der Waals surface area contributed by atoms with Crippen molar-refractivity contribution in [2.24, 2.45) is 0 Å². The molecule has 0 aliphatic carbocycles. The maximum absolute atomic E-state index is 11.0. The van der Waals surface area contributed by atoms with Crippen molar-refractivity contribution in [1.82, 2.24) is 4.90 Å². The molecule has 0 aliphatic rings. The summed E-state index contributed by atoms with van der Waals surface area (Å²) in [5, 5.41) is 17.5. The third-order valence-corrected chi connectivity index (χ3v) is 1.71. The van der Waals surface area contributed by atoms with Gasteiger partial charge in [0.2, 0.25) is 5.91 Å². The average Bonchev–Trinajstić information content (AvgIpc) is 1.97. The number of carbonyl (C=O) groups is 2. The van der Waals surface area contributed by atoms with Crippen molar-refractivity contribution in [3.05, 3.63) is 0 Å². The first-order valence-electron chi connectivity index (χ1n) is 4.04. The lowest BCUT2D eigenvalue weighted by atomic mass is 10.2. The van der Waals surface area contributed by atoms with Gasteiger partial charge >= 0.3 is 5.97 Å². The highest BCUT2D eigenvalue weighted by Gasteiger charge is 2.28. The second kappa shape index (κ2) is 4.81. The molecule has 1 atom stereocenters. The molecular formula is C8H15NO4. The molecule has 0 aromatic heterocycles. The van der Waals surface area contributed by atoms with Crippen LogP contribution in [-0.2, 0) is 9.59 Å². The summed E-state index contributed by atoms with van der Waals surface area (Å²) in [6, 6.07) is -1.37. The van der Waals surface area contributed by atoms with Crippen LogP contribution in [0.3, 0.4) is 0 Å². The second-order valence-electron chi connectivity index (χ2n) is 3.06. The molecule has 0 fully saturated rings. The molecule has 0 bridgehead atoms. The number of carboxylic acid groups (broad SMARTS) is 1. The van der Waals surface area contributed by atoms with Gasteiger partial charge in [-0.15, -0.1) is 0 Å². The average molecular weight is 189 g/mol. The minimum absolute atomic E-state index is 0.231. The van der Waals surface area contributed by atoms with Crippen LogP contribution in [0, 0.1) is 0 Å². The third kappa shape index (κ3) is 3.02. The summed E-state index contributed by atoms with van der Waals surface area (Å²) < 4.78 is 0. The minimum Gasteiger partial charge on any atom is -0.480 e. The van der Waals surface area contributed by atoms with E-state index in [9.17, 15) is 9.59 Å². The van der Waals surface area contributed by atoms with Crippen LogP contribution in [0.15, 0.2) is 0 Å². The number of rotatable bonds is 4. The number of nitrogens with zero attached hydrogens (tertiary/aromatic N) is 1. The normalized spacial score (nSPS) is 12.7. The molecule has 0 aliphatic heterocycles. The lowest BCUT2D eigenvalue weighted by molar-refractivity contribution is -0.152. The molecular weight excluding hydrogens is 174 g/mol. The van der Waals surface area contributed by atoms with Crippen molar-refractivity contribution < 1.29 is 19.8 Å². The highest BCUT2D eigenvalue weighted by molar-refractivity contribution is 5.82. The molecule has 13 heavy (non-hydrogen) atoms. The van der Waals surface area contributed by atoms with Gasteiger partial charge in [-0.05, 0) is 13.8 Å². The summed E-state index contributed by atoms with van der Waals surface area (Å²) in [5.41, 5.74) is 0. The third-order valence-electron chi connectivity index (χ3n) is 1.71. The minimum atomic E-state index is -1.19. The quantitative estimate of drug-likeness (QED) is 0.635. The lowest BCUT2D eigenvalue weighted by Crippen LogP contribution is -2.49. The van der Waals surface area contributed by atoms with E-state index in [4.69, 9.17) is 10.2 Å². The Morgan fingerprint density at radius 3 is 1.92 bits per heavy atom. The number of aliphatic carboxylic acids is 1. The molecule has 0 heterocycles. The monoisotopic (exact) mass is 189 g/mol. The summed E-state index contributed by atoms with van der Waals surface area (Å²) >= 11 is 0. The fraction of sp³-hybridized carbons (Fsp3) is 0.750. The molecule has 0 aromatic carbocycles. The number of amides is 1. The molecule has 0 saturated heterocycles. The standard InChI is InChI=1S/C8H15NO4/c1-5(2)9(6(3)11)7(4-10)8(12)13/h5,7,10H,4H2,1-3H3,(H,12,13). The maximum atomic E-state index is 11.0. The zero-order chi connectivity index (χ0) is 10.6. The van der Waals surface area contributed by atoms with Crippen molar-refractivity contribution >= 4 is 11.9 Å². The number of carboxylic acids is 1. The Kier molecular flexibility index (Phi) is 4.40. The van der Waals surface area contributed by atoms with Crippen LogP contribution in [-0.4, -0.2) is 45.7 Å². The number of carbonyl (C=O) groups excluding carboxylic acids is 1. The first-order chi connectivity index (χ1) is 5.91. The van der Waals surface area contributed by atoms with Crippen molar-refractivity contribution in [3.8, 4) is 0 Å². The maximum Gasteiger partial charge on any atom is 0.328 e. The van der Waals surface area contributed by atoms with Crippen LogP contribution in [0.4, 0.5) is 0 Å². The topological polar surface area (TPSA) is 77.8 Å². The molecule has 0 saturated carbocycles.